The van der Waals surface area contributed by atoms with Crippen LogP contribution in [0.2, 0.25) is 5.02 Å². The number of nitrogens with zero attached hydrogens (tertiary/aromatic N) is 2. The number of aromatic nitrogens is 1. The van der Waals surface area contributed by atoms with Crippen LogP contribution in [0.15, 0.2) is 28.1 Å². The average molecular weight is 433 g/mol. The van der Waals surface area contributed by atoms with Crippen molar-refractivity contribution in [1.82, 2.24) is 9.88 Å². The molecule has 0 unspecified atom stereocenters. The van der Waals surface area contributed by atoms with Gasteiger partial charge in [-0.15, -0.1) is 11.3 Å². The van der Waals surface area contributed by atoms with Gasteiger partial charge in [-0.2, -0.15) is 0 Å². The Hall–Kier alpha value is -1.15. The summed E-state index contributed by atoms with van der Waals surface area (Å²) in [6, 6.07) is 5.44. The summed E-state index contributed by atoms with van der Waals surface area (Å²) < 4.78 is 6.49. The van der Waals surface area contributed by atoms with Gasteiger partial charge in [0, 0.05) is 22.8 Å². The molecule has 0 spiro atoms. The average Bonchev–Trinajstić information content (AvgIpc) is 2.91. The smallest absolute Gasteiger partial charge is 0.226 e. The fourth-order valence-electron chi connectivity index (χ4n) is 1.95. The van der Waals surface area contributed by atoms with Crippen molar-refractivity contribution in [2.24, 2.45) is 0 Å². The fraction of sp³-hybridized carbons (Fsp3) is 0.375. The predicted molar refractivity (Wildman–Crippen MR) is 102 cm³/mol. The number of halogens is 2. The predicted octanol–water partition coefficient (Wildman–Crippen LogP) is 4.42. The summed E-state index contributed by atoms with van der Waals surface area (Å²) in [5.74, 6) is 0.555. The summed E-state index contributed by atoms with van der Waals surface area (Å²) in [7, 11) is 3.96. The van der Waals surface area contributed by atoms with E-state index in [0.29, 0.717) is 35.4 Å². The third-order valence-corrected chi connectivity index (χ3v) is 4.57. The first kappa shape index (κ1) is 19.2. The van der Waals surface area contributed by atoms with Gasteiger partial charge < -0.3 is 15.0 Å². The maximum Gasteiger partial charge on any atom is 0.226 e. The maximum atomic E-state index is 11.9. The molecule has 1 N–H and O–H groups in total. The van der Waals surface area contributed by atoms with Crippen molar-refractivity contribution in [1.29, 1.82) is 0 Å². The molecule has 1 heterocycles. The number of carbonyl (C=O) groups is 1. The fourth-order valence-corrected chi connectivity index (χ4v) is 3.40. The van der Waals surface area contributed by atoms with Gasteiger partial charge in [0.25, 0.3) is 0 Å². The quantitative estimate of drug-likeness (QED) is 0.627. The first-order valence-electron chi connectivity index (χ1n) is 7.41. The van der Waals surface area contributed by atoms with Gasteiger partial charge in [-0.25, -0.2) is 4.98 Å². The summed E-state index contributed by atoms with van der Waals surface area (Å²) in [5.41, 5.74) is 0.952. The SMILES string of the molecule is CN(C)Cc1csc(NC(=O)CCCOc2ccc(Br)cc2Cl)n1. The zero-order valence-electron chi connectivity index (χ0n) is 13.5. The molecule has 130 valence electrons. The summed E-state index contributed by atoms with van der Waals surface area (Å²) in [6.07, 6.45) is 0.977. The van der Waals surface area contributed by atoms with E-state index in [0.717, 1.165) is 16.7 Å². The molecule has 0 atom stereocenters. The molecule has 0 aliphatic carbocycles. The molecule has 1 aromatic carbocycles. The highest BCUT2D eigenvalue weighted by Crippen LogP contribution is 2.27. The van der Waals surface area contributed by atoms with Gasteiger partial charge in [0.2, 0.25) is 5.91 Å². The molecule has 1 amide bonds. The third-order valence-electron chi connectivity index (χ3n) is 2.98. The normalized spacial score (nSPS) is 10.9. The first-order valence-corrected chi connectivity index (χ1v) is 9.46. The Morgan fingerprint density at radius 1 is 1.46 bits per heavy atom. The van der Waals surface area contributed by atoms with Crippen molar-refractivity contribution in [3.63, 3.8) is 0 Å². The second-order valence-corrected chi connectivity index (χ2v) is 7.64. The van der Waals surface area contributed by atoms with Gasteiger partial charge in [0.05, 0.1) is 17.3 Å². The molecule has 2 aromatic rings. The van der Waals surface area contributed by atoms with E-state index in [1.807, 2.05) is 30.4 Å². The molecule has 0 fully saturated rings. The summed E-state index contributed by atoms with van der Waals surface area (Å²) in [5, 5.41) is 5.95. The lowest BCUT2D eigenvalue weighted by atomic mass is 10.3. The Labute approximate surface area is 159 Å². The number of thiazole rings is 1. The van der Waals surface area contributed by atoms with Crippen LogP contribution in [-0.2, 0) is 11.3 Å². The van der Waals surface area contributed by atoms with E-state index in [2.05, 4.69) is 26.2 Å². The summed E-state index contributed by atoms with van der Waals surface area (Å²) in [4.78, 5) is 18.3. The van der Waals surface area contributed by atoms with E-state index in [4.69, 9.17) is 16.3 Å². The summed E-state index contributed by atoms with van der Waals surface area (Å²) in [6.45, 7) is 1.19. The van der Waals surface area contributed by atoms with E-state index < -0.39 is 0 Å². The standard InChI is InChI=1S/C16H19BrClN3O2S/c1-21(2)9-12-10-24-16(19-12)20-15(22)4-3-7-23-14-6-5-11(17)8-13(14)18/h5-6,8,10H,3-4,7,9H2,1-2H3,(H,19,20,22). The molecular formula is C16H19BrClN3O2S. The second kappa shape index (κ2) is 9.36. The number of carbonyl (C=O) groups excluding carboxylic acids is 1. The minimum Gasteiger partial charge on any atom is -0.492 e. The van der Waals surface area contributed by atoms with E-state index in [-0.39, 0.29) is 5.91 Å². The van der Waals surface area contributed by atoms with Crippen LogP contribution in [-0.4, -0.2) is 36.5 Å². The Morgan fingerprint density at radius 3 is 2.96 bits per heavy atom. The number of hydrogen-bond acceptors (Lipinski definition) is 5. The van der Waals surface area contributed by atoms with Crippen LogP contribution in [0.5, 0.6) is 5.75 Å². The highest BCUT2D eigenvalue weighted by Gasteiger charge is 2.08. The van der Waals surface area contributed by atoms with Crippen molar-refractivity contribution in [3.05, 3.63) is 38.8 Å². The van der Waals surface area contributed by atoms with Gasteiger partial charge >= 0.3 is 0 Å². The maximum absolute atomic E-state index is 11.9. The minimum absolute atomic E-state index is 0.0637. The molecule has 0 saturated heterocycles. The second-order valence-electron chi connectivity index (χ2n) is 5.46. The van der Waals surface area contributed by atoms with Crippen LogP contribution < -0.4 is 10.1 Å². The molecule has 0 radical (unpaired) electrons. The number of anilines is 1. The zero-order chi connectivity index (χ0) is 17.5. The van der Waals surface area contributed by atoms with Gasteiger partial charge in [-0.05, 0) is 38.7 Å². The molecule has 0 bridgehead atoms. The lowest BCUT2D eigenvalue weighted by Crippen LogP contribution is -2.13. The lowest BCUT2D eigenvalue weighted by Gasteiger charge is -2.08. The molecule has 1 aromatic heterocycles. The van der Waals surface area contributed by atoms with E-state index in [1.54, 1.807) is 12.1 Å². The Kier molecular flexibility index (Phi) is 7.48. The minimum atomic E-state index is -0.0637. The monoisotopic (exact) mass is 431 g/mol. The topological polar surface area (TPSA) is 54.5 Å². The number of amides is 1. The molecule has 5 nitrogen and oxygen atoms in total. The third kappa shape index (κ3) is 6.39. The van der Waals surface area contributed by atoms with E-state index >= 15 is 0 Å². The van der Waals surface area contributed by atoms with Crippen molar-refractivity contribution in [2.75, 3.05) is 26.0 Å². The Balaban J connectivity index is 1.70. The Bertz CT molecular complexity index is 694. The zero-order valence-corrected chi connectivity index (χ0v) is 16.7. The Morgan fingerprint density at radius 2 is 2.25 bits per heavy atom. The molecular weight excluding hydrogens is 414 g/mol. The summed E-state index contributed by atoms with van der Waals surface area (Å²) >= 11 is 10.9. The van der Waals surface area contributed by atoms with Gasteiger partial charge in [-0.3, -0.25) is 4.79 Å². The molecule has 0 aliphatic heterocycles. The molecule has 2 rings (SSSR count). The first-order chi connectivity index (χ1) is 11.4. The largest absolute Gasteiger partial charge is 0.492 e. The van der Waals surface area contributed by atoms with Crippen LogP contribution in [0.25, 0.3) is 0 Å². The van der Waals surface area contributed by atoms with Crippen molar-refractivity contribution in [2.45, 2.75) is 19.4 Å². The highest BCUT2D eigenvalue weighted by atomic mass is 79.9. The van der Waals surface area contributed by atoms with Crippen LogP contribution in [0, 0.1) is 0 Å². The van der Waals surface area contributed by atoms with Crippen LogP contribution >= 0.6 is 38.9 Å². The number of rotatable bonds is 8. The highest BCUT2D eigenvalue weighted by molar-refractivity contribution is 9.10. The number of nitrogens with one attached hydrogen (secondary N) is 1. The van der Waals surface area contributed by atoms with Crippen molar-refractivity contribution in [3.8, 4) is 5.75 Å². The van der Waals surface area contributed by atoms with Crippen molar-refractivity contribution >= 4 is 49.9 Å². The van der Waals surface area contributed by atoms with E-state index in [9.17, 15) is 4.79 Å². The number of benzene rings is 1. The molecule has 0 saturated carbocycles. The van der Waals surface area contributed by atoms with Gasteiger partial charge in [-0.1, -0.05) is 27.5 Å². The van der Waals surface area contributed by atoms with Crippen LogP contribution in [0.1, 0.15) is 18.5 Å². The molecule has 24 heavy (non-hydrogen) atoms. The molecule has 0 aliphatic rings. The number of hydrogen-bond donors (Lipinski definition) is 1. The number of ether oxygens (including phenoxy) is 1. The lowest BCUT2D eigenvalue weighted by molar-refractivity contribution is -0.116. The van der Waals surface area contributed by atoms with Crippen molar-refractivity contribution < 1.29 is 9.53 Å². The van der Waals surface area contributed by atoms with Crippen LogP contribution in [0.4, 0.5) is 5.13 Å². The van der Waals surface area contributed by atoms with Gasteiger partial charge in [0.15, 0.2) is 5.13 Å². The van der Waals surface area contributed by atoms with E-state index in [1.165, 1.54) is 11.3 Å². The van der Waals surface area contributed by atoms with Gasteiger partial charge in [0.1, 0.15) is 5.75 Å². The van der Waals surface area contributed by atoms with Crippen LogP contribution in [0.3, 0.4) is 0 Å². The molecule has 8 heteroatoms.